The molecule has 1 saturated heterocycles. The van der Waals surface area contributed by atoms with E-state index in [0.717, 1.165) is 11.1 Å². The Morgan fingerprint density at radius 2 is 1.59 bits per heavy atom. The SMILES string of the molecule is Cc1cccc(C2/C(=C(/O)c3cccc([N+](=O)[O-])c3)C(=O)C(=O)N2c2cccc(C)c2)c1. The van der Waals surface area contributed by atoms with E-state index in [2.05, 4.69) is 0 Å². The number of nitro benzene ring substituents is 1. The van der Waals surface area contributed by atoms with Crippen LogP contribution in [0.3, 0.4) is 0 Å². The number of hydrogen-bond donors (Lipinski definition) is 1. The first-order valence-corrected chi connectivity index (χ1v) is 9.97. The summed E-state index contributed by atoms with van der Waals surface area (Å²) in [6, 6.07) is 19.0. The Bertz CT molecular complexity index is 1290. The first-order chi connectivity index (χ1) is 15.3. The lowest BCUT2D eigenvalue weighted by molar-refractivity contribution is -0.384. The maximum atomic E-state index is 13.1. The van der Waals surface area contributed by atoms with E-state index in [1.54, 1.807) is 24.3 Å². The van der Waals surface area contributed by atoms with Gasteiger partial charge in [-0.2, -0.15) is 0 Å². The van der Waals surface area contributed by atoms with Crippen LogP contribution in [0.25, 0.3) is 5.76 Å². The second-order valence-corrected chi connectivity index (χ2v) is 7.73. The van der Waals surface area contributed by atoms with Gasteiger partial charge in [0.15, 0.2) is 0 Å². The smallest absolute Gasteiger partial charge is 0.300 e. The van der Waals surface area contributed by atoms with E-state index < -0.39 is 28.4 Å². The van der Waals surface area contributed by atoms with E-state index in [0.29, 0.717) is 11.3 Å². The predicted octanol–water partition coefficient (Wildman–Crippen LogP) is 4.84. The van der Waals surface area contributed by atoms with Crippen molar-refractivity contribution in [3.8, 4) is 0 Å². The van der Waals surface area contributed by atoms with Crippen LogP contribution in [0.1, 0.15) is 28.3 Å². The molecule has 1 N–H and O–H groups in total. The first kappa shape index (κ1) is 21.0. The Kier molecular flexibility index (Phi) is 5.32. The fraction of sp³-hybridized carbons (Fsp3) is 0.120. The van der Waals surface area contributed by atoms with Gasteiger partial charge in [0, 0.05) is 23.4 Å². The van der Waals surface area contributed by atoms with Crippen molar-refractivity contribution in [3.63, 3.8) is 0 Å². The van der Waals surface area contributed by atoms with Crippen molar-refractivity contribution < 1.29 is 19.6 Å². The van der Waals surface area contributed by atoms with Crippen molar-refractivity contribution in [1.29, 1.82) is 0 Å². The van der Waals surface area contributed by atoms with Gasteiger partial charge in [0.05, 0.1) is 16.5 Å². The van der Waals surface area contributed by atoms with Crippen molar-refractivity contribution in [2.24, 2.45) is 0 Å². The zero-order valence-electron chi connectivity index (χ0n) is 17.5. The minimum Gasteiger partial charge on any atom is -0.507 e. The van der Waals surface area contributed by atoms with Crippen molar-refractivity contribution in [2.45, 2.75) is 19.9 Å². The number of carbonyl (C=O) groups excluding carboxylic acids is 2. The molecule has 0 aromatic heterocycles. The molecule has 3 aromatic carbocycles. The summed E-state index contributed by atoms with van der Waals surface area (Å²) in [5, 5.41) is 22.3. The number of anilines is 1. The fourth-order valence-electron chi connectivity index (χ4n) is 3.95. The minimum absolute atomic E-state index is 0.0964. The lowest BCUT2D eigenvalue weighted by Crippen LogP contribution is -2.29. The molecule has 1 unspecified atom stereocenters. The lowest BCUT2D eigenvalue weighted by Gasteiger charge is -2.26. The minimum atomic E-state index is -0.879. The van der Waals surface area contributed by atoms with Gasteiger partial charge in [-0.25, -0.2) is 0 Å². The number of rotatable bonds is 4. The summed E-state index contributed by atoms with van der Waals surface area (Å²) in [5.74, 6) is -2.06. The summed E-state index contributed by atoms with van der Waals surface area (Å²) >= 11 is 0. The highest BCUT2D eigenvalue weighted by Crippen LogP contribution is 2.42. The second kappa shape index (κ2) is 8.11. The average Bonchev–Trinajstić information content (AvgIpc) is 3.04. The molecule has 160 valence electrons. The zero-order valence-corrected chi connectivity index (χ0v) is 17.5. The Morgan fingerprint density at radius 1 is 0.938 bits per heavy atom. The van der Waals surface area contributed by atoms with Gasteiger partial charge in [0.25, 0.3) is 17.4 Å². The quantitative estimate of drug-likeness (QED) is 0.211. The van der Waals surface area contributed by atoms with Crippen molar-refractivity contribution in [3.05, 3.63) is 111 Å². The van der Waals surface area contributed by atoms with Crippen molar-refractivity contribution >= 4 is 28.8 Å². The molecular formula is C25H20N2O5. The van der Waals surface area contributed by atoms with Crippen LogP contribution in [0.15, 0.2) is 78.4 Å². The number of benzene rings is 3. The molecule has 1 aliphatic heterocycles. The Morgan fingerprint density at radius 3 is 2.25 bits per heavy atom. The molecule has 1 aliphatic rings. The molecule has 0 radical (unpaired) electrons. The third-order valence-corrected chi connectivity index (χ3v) is 5.41. The van der Waals surface area contributed by atoms with Crippen LogP contribution in [0.4, 0.5) is 11.4 Å². The molecule has 3 aromatic rings. The van der Waals surface area contributed by atoms with E-state index in [1.807, 2.05) is 38.1 Å². The standard InChI is InChI=1S/C25H20N2O5/c1-15-6-3-8-17(12-15)22-21(23(28)18-9-5-11-20(14-18)27(31)32)24(29)25(30)26(22)19-10-4-7-16(2)13-19/h3-14,22,28H,1-2H3/b23-21-. The number of non-ortho nitro benzene ring substituents is 1. The molecule has 0 aliphatic carbocycles. The van der Waals surface area contributed by atoms with Crippen LogP contribution >= 0.6 is 0 Å². The average molecular weight is 428 g/mol. The summed E-state index contributed by atoms with van der Waals surface area (Å²) in [5.41, 5.74) is 2.77. The van der Waals surface area contributed by atoms with Gasteiger partial charge in [-0.05, 0) is 37.1 Å². The molecular weight excluding hydrogens is 408 g/mol. The number of carbonyl (C=O) groups is 2. The van der Waals surface area contributed by atoms with Gasteiger partial charge in [-0.3, -0.25) is 24.6 Å². The molecule has 0 bridgehead atoms. The topological polar surface area (TPSA) is 101 Å². The van der Waals surface area contributed by atoms with E-state index >= 15 is 0 Å². The third kappa shape index (κ3) is 3.65. The van der Waals surface area contributed by atoms with Crippen LogP contribution < -0.4 is 4.90 Å². The monoisotopic (exact) mass is 428 g/mol. The van der Waals surface area contributed by atoms with Crippen LogP contribution in [0.5, 0.6) is 0 Å². The van der Waals surface area contributed by atoms with E-state index in [4.69, 9.17) is 0 Å². The number of aliphatic hydroxyl groups is 1. The number of amides is 1. The normalized spacial score (nSPS) is 17.6. The van der Waals surface area contributed by atoms with Gasteiger partial charge in [0.2, 0.25) is 0 Å². The molecule has 1 fully saturated rings. The summed E-state index contributed by atoms with van der Waals surface area (Å²) < 4.78 is 0. The van der Waals surface area contributed by atoms with Gasteiger partial charge in [-0.1, -0.05) is 54.1 Å². The summed E-state index contributed by atoms with van der Waals surface area (Å²) in [6.07, 6.45) is 0. The number of ketones is 1. The predicted molar refractivity (Wildman–Crippen MR) is 120 cm³/mol. The highest BCUT2D eigenvalue weighted by Gasteiger charge is 2.47. The van der Waals surface area contributed by atoms with Crippen LogP contribution in [-0.4, -0.2) is 21.7 Å². The molecule has 1 amide bonds. The van der Waals surface area contributed by atoms with Gasteiger partial charge < -0.3 is 5.11 Å². The number of hydrogen-bond acceptors (Lipinski definition) is 5. The number of aliphatic hydroxyl groups excluding tert-OH is 1. The molecule has 32 heavy (non-hydrogen) atoms. The Hall–Kier alpha value is -4.26. The van der Waals surface area contributed by atoms with Crippen LogP contribution in [-0.2, 0) is 9.59 Å². The third-order valence-electron chi connectivity index (χ3n) is 5.41. The van der Waals surface area contributed by atoms with Crippen LogP contribution in [0.2, 0.25) is 0 Å². The highest BCUT2D eigenvalue weighted by atomic mass is 16.6. The van der Waals surface area contributed by atoms with Crippen LogP contribution in [0, 0.1) is 24.0 Å². The maximum Gasteiger partial charge on any atom is 0.300 e. The Labute approximate surface area is 184 Å². The van der Waals surface area contributed by atoms with Gasteiger partial charge >= 0.3 is 0 Å². The summed E-state index contributed by atoms with van der Waals surface area (Å²) in [6.45, 7) is 3.77. The molecule has 4 rings (SSSR count). The molecule has 1 atom stereocenters. The van der Waals surface area contributed by atoms with E-state index in [1.165, 1.54) is 29.2 Å². The second-order valence-electron chi connectivity index (χ2n) is 7.73. The molecule has 7 nitrogen and oxygen atoms in total. The molecule has 0 spiro atoms. The summed E-state index contributed by atoms with van der Waals surface area (Å²) in [7, 11) is 0. The van der Waals surface area contributed by atoms with E-state index in [9.17, 15) is 24.8 Å². The summed E-state index contributed by atoms with van der Waals surface area (Å²) in [4.78, 5) is 38.2. The van der Waals surface area contributed by atoms with Gasteiger partial charge in [-0.15, -0.1) is 0 Å². The molecule has 0 saturated carbocycles. The van der Waals surface area contributed by atoms with Crippen molar-refractivity contribution in [2.75, 3.05) is 4.90 Å². The number of nitro groups is 1. The largest absolute Gasteiger partial charge is 0.507 e. The number of Topliss-reactive ketones (excluding diaryl/α,β-unsaturated/α-hetero) is 1. The number of nitrogens with zero attached hydrogens (tertiary/aromatic N) is 2. The molecule has 1 heterocycles. The Balaban J connectivity index is 1.97. The van der Waals surface area contributed by atoms with E-state index in [-0.39, 0.29) is 16.8 Å². The zero-order chi connectivity index (χ0) is 23.0. The number of aryl methyl sites for hydroxylation is 2. The van der Waals surface area contributed by atoms with Crippen molar-refractivity contribution in [1.82, 2.24) is 0 Å². The first-order valence-electron chi connectivity index (χ1n) is 9.97. The highest BCUT2D eigenvalue weighted by molar-refractivity contribution is 6.51. The maximum absolute atomic E-state index is 13.1. The van der Waals surface area contributed by atoms with Gasteiger partial charge in [0.1, 0.15) is 5.76 Å². The lowest BCUT2D eigenvalue weighted by atomic mass is 9.94. The molecule has 7 heteroatoms. The fourth-order valence-corrected chi connectivity index (χ4v) is 3.95.